The number of hydrogen-bond donors (Lipinski definition) is 3. The van der Waals surface area contributed by atoms with E-state index in [1.807, 2.05) is 14.1 Å². The van der Waals surface area contributed by atoms with Gasteiger partial charge in [-0.1, -0.05) is 0 Å². The number of carbonyl (C=O) groups excluding carboxylic acids is 1. The van der Waals surface area contributed by atoms with Gasteiger partial charge >= 0.3 is 0 Å². The lowest BCUT2D eigenvalue weighted by Crippen LogP contribution is -2.43. The number of aliphatic carboxylic acids is 1. The summed E-state index contributed by atoms with van der Waals surface area (Å²) < 4.78 is 0.688. The molecular formula is C11H24N2O4. The van der Waals surface area contributed by atoms with Gasteiger partial charge in [-0.15, -0.1) is 0 Å². The number of rotatable bonds is 5. The van der Waals surface area contributed by atoms with Gasteiger partial charge in [-0.25, -0.2) is 0 Å². The van der Waals surface area contributed by atoms with E-state index in [2.05, 4.69) is 5.32 Å². The molecule has 0 aromatic carbocycles. The van der Waals surface area contributed by atoms with E-state index >= 15 is 0 Å². The summed E-state index contributed by atoms with van der Waals surface area (Å²) in [7, 11) is 3.96. The average Bonchev–Trinajstić information content (AvgIpc) is 2.70. The van der Waals surface area contributed by atoms with Crippen LogP contribution >= 0.6 is 0 Å². The first kappa shape index (κ1) is 16.3. The van der Waals surface area contributed by atoms with Crippen molar-refractivity contribution in [3.8, 4) is 0 Å². The van der Waals surface area contributed by atoms with E-state index in [0.717, 1.165) is 19.4 Å². The normalized spacial score (nSPS) is 19.6. The van der Waals surface area contributed by atoms with E-state index in [1.165, 1.54) is 0 Å². The molecule has 17 heavy (non-hydrogen) atoms. The van der Waals surface area contributed by atoms with Crippen LogP contribution in [-0.2, 0) is 4.79 Å². The molecule has 1 atom stereocenters. The molecule has 3 N–H and O–H groups in total. The van der Waals surface area contributed by atoms with Crippen molar-refractivity contribution in [2.75, 3.05) is 46.9 Å². The lowest BCUT2D eigenvalue weighted by molar-refractivity contribution is -0.890. The summed E-state index contributed by atoms with van der Waals surface area (Å²) in [6.07, 6.45) is 1.68. The molecule has 0 aromatic rings. The highest BCUT2D eigenvalue weighted by Gasteiger charge is 2.13. The average molecular weight is 248 g/mol. The summed E-state index contributed by atoms with van der Waals surface area (Å²) in [4.78, 5) is 10.0. The number of hydrogen-bond acceptors (Lipinski definition) is 5. The van der Waals surface area contributed by atoms with E-state index < -0.39 is 5.97 Å². The maximum Gasteiger partial charge on any atom is 0.102 e. The van der Waals surface area contributed by atoms with Crippen molar-refractivity contribution in [1.82, 2.24) is 5.32 Å². The molecule has 0 spiro atoms. The van der Waals surface area contributed by atoms with Crippen LogP contribution in [0.4, 0.5) is 0 Å². The number of aliphatic hydroxyl groups is 2. The molecule has 0 aromatic heterocycles. The van der Waals surface area contributed by atoms with Crippen molar-refractivity contribution in [2.24, 2.45) is 0 Å². The van der Waals surface area contributed by atoms with E-state index in [9.17, 15) is 9.90 Å². The van der Waals surface area contributed by atoms with Crippen molar-refractivity contribution in [3.05, 3.63) is 0 Å². The molecule has 0 bridgehead atoms. The molecule has 6 nitrogen and oxygen atoms in total. The lowest BCUT2D eigenvalue weighted by atomic mass is 10.2. The highest BCUT2D eigenvalue weighted by Crippen LogP contribution is 2.02. The van der Waals surface area contributed by atoms with Crippen LogP contribution < -0.4 is 10.4 Å². The van der Waals surface area contributed by atoms with E-state index in [1.54, 1.807) is 0 Å². The second-order valence-electron chi connectivity index (χ2n) is 4.80. The number of quaternary nitrogens is 1. The molecule has 1 fully saturated rings. The number of aliphatic hydroxyl groups excluding tert-OH is 2. The van der Waals surface area contributed by atoms with E-state index in [0.29, 0.717) is 17.6 Å². The quantitative estimate of drug-likeness (QED) is 0.469. The van der Waals surface area contributed by atoms with Crippen LogP contribution in [0.1, 0.15) is 12.8 Å². The van der Waals surface area contributed by atoms with Gasteiger partial charge in [0.05, 0.1) is 33.3 Å². The Morgan fingerprint density at radius 3 is 2.12 bits per heavy atom. The number of carboxylic acids is 1. The molecule has 0 saturated carbocycles. The van der Waals surface area contributed by atoms with Crippen LogP contribution in [0.25, 0.3) is 0 Å². The molecule has 0 radical (unpaired) electrons. The summed E-state index contributed by atoms with van der Waals surface area (Å²) in [5.74, 6) is -0.970. The van der Waals surface area contributed by atoms with Gasteiger partial charge in [0, 0.05) is 6.04 Å². The third-order valence-electron chi connectivity index (χ3n) is 2.76. The Morgan fingerprint density at radius 1 is 1.35 bits per heavy atom. The van der Waals surface area contributed by atoms with Crippen molar-refractivity contribution >= 4 is 5.97 Å². The minimum absolute atomic E-state index is 0.188. The second kappa shape index (κ2) is 8.41. The third kappa shape index (κ3) is 8.09. The van der Waals surface area contributed by atoms with Crippen molar-refractivity contribution < 1.29 is 24.6 Å². The SMILES string of the molecule is C[N+](C)(CCO)CCO.O=C([O-])[C@@H]1CCCN1. The Hall–Kier alpha value is -0.690. The first-order valence-corrected chi connectivity index (χ1v) is 5.91. The molecule has 6 heteroatoms. The highest BCUT2D eigenvalue weighted by molar-refractivity contribution is 5.71. The number of nitrogens with zero attached hydrogens (tertiary/aromatic N) is 1. The van der Waals surface area contributed by atoms with Crippen LogP contribution in [0, 0.1) is 0 Å². The van der Waals surface area contributed by atoms with Gasteiger partial charge in [0.25, 0.3) is 0 Å². The fourth-order valence-electron chi connectivity index (χ4n) is 1.54. The fraction of sp³-hybridized carbons (Fsp3) is 0.909. The van der Waals surface area contributed by atoms with Crippen LogP contribution in [0.15, 0.2) is 0 Å². The van der Waals surface area contributed by atoms with Gasteiger partial charge < -0.3 is 29.9 Å². The molecule has 1 rings (SSSR count). The summed E-state index contributed by atoms with van der Waals surface area (Å²) in [6.45, 7) is 2.61. The molecule has 1 heterocycles. The Morgan fingerprint density at radius 2 is 1.88 bits per heavy atom. The van der Waals surface area contributed by atoms with Crippen molar-refractivity contribution in [1.29, 1.82) is 0 Å². The Labute approximate surface area is 102 Å². The summed E-state index contributed by atoms with van der Waals surface area (Å²) >= 11 is 0. The summed E-state index contributed by atoms with van der Waals surface area (Å²) in [5.41, 5.74) is 0. The number of nitrogens with one attached hydrogen (secondary N) is 1. The predicted octanol–water partition coefficient (Wildman–Crippen LogP) is -2.46. The molecular weight excluding hydrogens is 224 g/mol. The standard InChI is InChI=1S/C6H16NO2.C5H9NO2/c1-7(2,3-5-8)4-6-9;7-5(8)4-2-1-3-6-4/h8-9H,3-6H2,1-2H3;4,6H,1-3H2,(H,7,8)/q+1;/p-1/t;4-/m.0/s1. The number of likely N-dealkylation sites (N-methyl/N-ethyl adjacent to an activating group) is 1. The zero-order chi connectivity index (χ0) is 13.3. The van der Waals surface area contributed by atoms with Gasteiger partial charge in [0.1, 0.15) is 13.1 Å². The topological polar surface area (TPSA) is 92.6 Å². The van der Waals surface area contributed by atoms with E-state index in [4.69, 9.17) is 10.2 Å². The summed E-state index contributed by atoms with van der Waals surface area (Å²) in [6, 6.07) is -0.380. The van der Waals surface area contributed by atoms with Crippen LogP contribution in [-0.4, -0.2) is 73.7 Å². The molecule has 0 unspecified atom stereocenters. The zero-order valence-electron chi connectivity index (χ0n) is 10.7. The maximum atomic E-state index is 10.0. The first-order valence-electron chi connectivity index (χ1n) is 5.91. The molecule has 1 aliphatic heterocycles. The van der Waals surface area contributed by atoms with Gasteiger partial charge in [-0.2, -0.15) is 0 Å². The van der Waals surface area contributed by atoms with Gasteiger partial charge in [-0.3, -0.25) is 0 Å². The van der Waals surface area contributed by atoms with Gasteiger partial charge in [0.15, 0.2) is 0 Å². The summed E-state index contributed by atoms with van der Waals surface area (Å²) in [5, 5.41) is 29.9. The van der Waals surface area contributed by atoms with Gasteiger partial charge in [0.2, 0.25) is 0 Å². The number of carboxylic acid groups (broad SMARTS) is 1. The fourth-order valence-corrected chi connectivity index (χ4v) is 1.54. The zero-order valence-corrected chi connectivity index (χ0v) is 10.7. The lowest BCUT2D eigenvalue weighted by Gasteiger charge is -2.27. The van der Waals surface area contributed by atoms with Crippen LogP contribution in [0.2, 0.25) is 0 Å². The Bertz CT molecular complexity index is 208. The van der Waals surface area contributed by atoms with E-state index in [-0.39, 0.29) is 19.3 Å². The first-order chi connectivity index (χ1) is 7.93. The van der Waals surface area contributed by atoms with Crippen LogP contribution in [0.3, 0.4) is 0 Å². The third-order valence-corrected chi connectivity index (χ3v) is 2.76. The molecule has 0 amide bonds. The predicted molar refractivity (Wildman–Crippen MR) is 62.0 cm³/mol. The smallest absolute Gasteiger partial charge is 0.102 e. The van der Waals surface area contributed by atoms with Crippen LogP contribution in [0.5, 0.6) is 0 Å². The molecule has 0 aliphatic carbocycles. The number of carbonyl (C=O) groups is 1. The minimum atomic E-state index is -0.970. The van der Waals surface area contributed by atoms with Crippen molar-refractivity contribution in [3.63, 3.8) is 0 Å². The maximum absolute atomic E-state index is 10.0. The Kier molecular flexibility index (Phi) is 8.07. The highest BCUT2D eigenvalue weighted by atomic mass is 16.4. The monoisotopic (exact) mass is 248 g/mol. The Balaban J connectivity index is 0.000000302. The molecule has 1 saturated heterocycles. The van der Waals surface area contributed by atoms with Crippen molar-refractivity contribution in [2.45, 2.75) is 18.9 Å². The van der Waals surface area contributed by atoms with Gasteiger partial charge in [-0.05, 0) is 19.4 Å². The molecule has 1 aliphatic rings. The largest absolute Gasteiger partial charge is 0.548 e. The second-order valence-corrected chi connectivity index (χ2v) is 4.80. The minimum Gasteiger partial charge on any atom is -0.548 e. The molecule has 102 valence electrons.